The van der Waals surface area contributed by atoms with E-state index in [1.807, 2.05) is 32.0 Å². The van der Waals surface area contributed by atoms with E-state index in [1.54, 1.807) is 0 Å². The largest absolute Gasteiger partial charge is 0.414 e. The van der Waals surface area contributed by atoms with Crippen molar-refractivity contribution in [1.29, 1.82) is 0 Å². The van der Waals surface area contributed by atoms with Gasteiger partial charge in [-0.2, -0.15) is 0 Å². The summed E-state index contributed by atoms with van der Waals surface area (Å²) >= 11 is 0. The van der Waals surface area contributed by atoms with Crippen molar-refractivity contribution in [2.75, 3.05) is 26.3 Å². The molecule has 0 spiro atoms. The normalized spacial score (nSPS) is 25.0. The Morgan fingerprint density at radius 1 is 0.975 bits per heavy atom. The van der Waals surface area contributed by atoms with E-state index in [4.69, 9.17) is 18.6 Å². The molecule has 0 radical (unpaired) electrons. The number of unbranched alkanes of at least 4 members (excludes halogenated alkanes) is 3. The van der Waals surface area contributed by atoms with Crippen LogP contribution in [0.25, 0.3) is 10.4 Å². The van der Waals surface area contributed by atoms with Crippen LogP contribution in [0.4, 0.5) is 0 Å². The molecular weight excluding hydrogens is 520 g/mol. The van der Waals surface area contributed by atoms with E-state index in [1.165, 1.54) is 5.56 Å². The van der Waals surface area contributed by atoms with Crippen LogP contribution in [0.3, 0.4) is 0 Å². The van der Waals surface area contributed by atoms with Gasteiger partial charge in [0.05, 0.1) is 31.4 Å². The molecule has 2 fully saturated rings. The molecule has 2 saturated heterocycles. The van der Waals surface area contributed by atoms with E-state index in [-0.39, 0.29) is 24.3 Å². The predicted octanol–water partition coefficient (Wildman–Crippen LogP) is 7.84. The smallest absolute Gasteiger partial charge is 0.200 e. The summed E-state index contributed by atoms with van der Waals surface area (Å²) < 4.78 is 25.8. The standard InChI is InChI=1S/C31H54N4O4Si/c1-23(2)40(24(3)4,25(5)6)37-22-28-30-29(38-31(7,8)39-30)27(33-34-32)20-35(28)18-14-9-10-15-19-36-21-26-16-12-11-13-17-26/h11-13,16-17,23-25,27-30H,9-10,14-15,18-22H2,1-8H3/t27-,28-,29+,30-/m0/s1. The molecule has 2 aliphatic rings. The first kappa shape index (κ1) is 33.1. The third-order valence-corrected chi connectivity index (χ3v) is 14.9. The van der Waals surface area contributed by atoms with Crippen molar-refractivity contribution >= 4 is 8.32 Å². The van der Waals surface area contributed by atoms with Gasteiger partial charge >= 0.3 is 0 Å². The average molecular weight is 575 g/mol. The summed E-state index contributed by atoms with van der Waals surface area (Å²) in [6.45, 7) is 21.5. The van der Waals surface area contributed by atoms with Crippen LogP contribution >= 0.6 is 0 Å². The van der Waals surface area contributed by atoms with Crippen LogP contribution in [0, 0.1) is 0 Å². The van der Waals surface area contributed by atoms with Gasteiger partial charge in [0, 0.05) is 18.1 Å². The zero-order valence-corrected chi connectivity index (χ0v) is 27.2. The lowest BCUT2D eigenvalue weighted by Gasteiger charge is -2.47. The SMILES string of the molecule is CC(C)[Si](OC[C@H]1[C@@H]2OC(C)(C)O[C@@H]2[C@@H](N=[N+]=[N-])CN1CCCCCCOCc1ccccc1)(C(C)C)C(C)C. The molecule has 0 aliphatic carbocycles. The highest BCUT2D eigenvalue weighted by atomic mass is 28.4. The fraction of sp³-hybridized carbons (Fsp3) is 0.806. The summed E-state index contributed by atoms with van der Waals surface area (Å²) in [5.74, 6) is -0.713. The highest BCUT2D eigenvalue weighted by Crippen LogP contribution is 2.44. The van der Waals surface area contributed by atoms with Gasteiger partial charge in [0.25, 0.3) is 0 Å². The summed E-state index contributed by atoms with van der Waals surface area (Å²) in [6.07, 6.45) is 3.94. The zero-order chi connectivity index (χ0) is 29.3. The molecule has 1 aromatic carbocycles. The molecule has 4 atom stereocenters. The molecule has 226 valence electrons. The molecule has 0 N–H and O–H groups in total. The second kappa shape index (κ2) is 15.1. The fourth-order valence-corrected chi connectivity index (χ4v) is 12.6. The minimum Gasteiger partial charge on any atom is -0.414 e. The van der Waals surface area contributed by atoms with Gasteiger partial charge in [-0.3, -0.25) is 4.90 Å². The third kappa shape index (κ3) is 8.31. The zero-order valence-electron chi connectivity index (χ0n) is 26.2. The first-order chi connectivity index (χ1) is 19.0. The van der Waals surface area contributed by atoms with Crippen molar-refractivity contribution in [3.8, 4) is 0 Å². The first-order valence-electron chi connectivity index (χ1n) is 15.4. The number of rotatable bonds is 16. The van der Waals surface area contributed by atoms with Crippen molar-refractivity contribution in [1.82, 2.24) is 4.90 Å². The minimum absolute atomic E-state index is 0.0641. The molecule has 0 bridgehead atoms. The summed E-state index contributed by atoms with van der Waals surface area (Å²) in [5.41, 5.74) is 12.1. The molecule has 0 amide bonds. The van der Waals surface area contributed by atoms with Gasteiger partial charge < -0.3 is 18.6 Å². The monoisotopic (exact) mass is 574 g/mol. The Bertz CT molecular complexity index is 917. The number of ether oxygens (including phenoxy) is 3. The van der Waals surface area contributed by atoms with Crippen molar-refractivity contribution in [3.63, 3.8) is 0 Å². The second-order valence-corrected chi connectivity index (χ2v) is 18.4. The lowest BCUT2D eigenvalue weighted by Crippen LogP contribution is -2.62. The summed E-state index contributed by atoms with van der Waals surface area (Å²) in [7, 11) is -2.05. The molecule has 2 heterocycles. The maximum Gasteiger partial charge on any atom is 0.200 e. The lowest BCUT2D eigenvalue weighted by molar-refractivity contribution is -0.150. The van der Waals surface area contributed by atoms with Crippen LogP contribution in [-0.4, -0.2) is 69.6 Å². The number of piperidine rings is 1. The van der Waals surface area contributed by atoms with Crippen molar-refractivity contribution < 1.29 is 18.6 Å². The highest BCUT2D eigenvalue weighted by Gasteiger charge is 2.54. The number of likely N-dealkylation sites (tertiary alicyclic amines) is 1. The van der Waals surface area contributed by atoms with Gasteiger partial charge in [-0.1, -0.05) is 89.8 Å². The molecule has 0 aromatic heterocycles. The van der Waals surface area contributed by atoms with Crippen LogP contribution in [-0.2, 0) is 25.2 Å². The van der Waals surface area contributed by atoms with Crippen LogP contribution < -0.4 is 0 Å². The lowest BCUT2D eigenvalue weighted by atomic mass is 9.92. The molecule has 0 saturated carbocycles. The van der Waals surface area contributed by atoms with Crippen LogP contribution in [0.15, 0.2) is 35.4 Å². The highest BCUT2D eigenvalue weighted by molar-refractivity contribution is 6.77. The Kier molecular flexibility index (Phi) is 12.5. The van der Waals surface area contributed by atoms with Crippen LogP contribution in [0.1, 0.15) is 86.6 Å². The molecule has 40 heavy (non-hydrogen) atoms. The van der Waals surface area contributed by atoms with Gasteiger partial charge in [-0.15, -0.1) is 0 Å². The Labute approximate surface area is 243 Å². The number of fused-ring (bicyclic) bond motifs is 1. The quantitative estimate of drug-likeness (QED) is 0.0660. The molecule has 1 aromatic rings. The van der Waals surface area contributed by atoms with Crippen molar-refractivity contribution in [2.45, 2.75) is 134 Å². The Morgan fingerprint density at radius 3 is 2.23 bits per heavy atom. The topological polar surface area (TPSA) is 88.9 Å². The van der Waals surface area contributed by atoms with Crippen LogP contribution in [0.5, 0.6) is 0 Å². The first-order valence-corrected chi connectivity index (χ1v) is 17.5. The second-order valence-electron chi connectivity index (χ2n) is 13.0. The summed E-state index contributed by atoms with van der Waals surface area (Å²) in [6, 6.07) is 10.1. The van der Waals surface area contributed by atoms with Gasteiger partial charge in [0.15, 0.2) is 14.1 Å². The maximum absolute atomic E-state index is 9.32. The van der Waals surface area contributed by atoms with Gasteiger partial charge in [0.1, 0.15) is 6.10 Å². The molecule has 2 aliphatic heterocycles. The van der Waals surface area contributed by atoms with E-state index >= 15 is 0 Å². The van der Waals surface area contributed by atoms with Gasteiger partial charge in [-0.05, 0) is 61.0 Å². The van der Waals surface area contributed by atoms with E-state index in [0.29, 0.717) is 36.4 Å². The Morgan fingerprint density at radius 2 is 1.60 bits per heavy atom. The maximum atomic E-state index is 9.32. The number of hydrogen-bond acceptors (Lipinski definition) is 6. The minimum atomic E-state index is -2.05. The van der Waals surface area contributed by atoms with E-state index < -0.39 is 14.1 Å². The van der Waals surface area contributed by atoms with E-state index in [2.05, 4.69) is 68.6 Å². The number of hydrogen-bond donors (Lipinski definition) is 0. The molecule has 0 unspecified atom stereocenters. The predicted molar refractivity (Wildman–Crippen MR) is 164 cm³/mol. The number of nitrogens with zero attached hydrogens (tertiary/aromatic N) is 4. The van der Waals surface area contributed by atoms with Crippen molar-refractivity contribution in [3.05, 3.63) is 46.3 Å². The average Bonchev–Trinajstić information content (AvgIpc) is 3.22. The van der Waals surface area contributed by atoms with Gasteiger partial charge in [-0.25, -0.2) is 0 Å². The van der Waals surface area contributed by atoms with Crippen LogP contribution in [0.2, 0.25) is 16.6 Å². The Hall–Kier alpha value is -1.45. The third-order valence-electron chi connectivity index (χ3n) is 8.82. The molecule has 8 nitrogen and oxygen atoms in total. The summed E-state index contributed by atoms with van der Waals surface area (Å²) in [4.78, 5) is 5.62. The molecule has 3 rings (SSSR count). The van der Waals surface area contributed by atoms with E-state index in [0.717, 1.165) is 38.8 Å². The molecule has 9 heteroatoms. The Balaban J connectivity index is 1.63. The molecular formula is C31H54N4O4Si. The van der Waals surface area contributed by atoms with E-state index in [9.17, 15) is 5.53 Å². The van der Waals surface area contributed by atoms with Gasteiger partial charge in [0.2, 0.25) is 0 Å². The number of azide groups is 1. The summed E-state index contributed by atoms with van der Waals surface area (Å²) in [5, 5.41) is 4.16. The fourth-order valence-electron chi connectivity index (χ4n) is 7.09. The van der Waals surface area contributed by atoms with Crippen molar-refractivity contribution in [2.24, 2.45) is 5.11 Å². The number of benzene rings is 1.